The second-order valence-electron chi connectivity index (χ2n) is 8.08. The van der Waals surface area contributed by atoms with Crippen LogP contribution in [0.1, 0.15) is 24.2 Å². The number of nitrogens with zero attached hydrogens (tertiary/aromatic N) is 3. The monoisotopic (exact) mass is 542 g/mol. The topological polar surface area (TPSA) is 82.6 Å². The van der Waals surface area contributed by atoms with E-state index in [0.717, 1.165) is 23.3 Å². The second-order valence-corrected chi connectivity index (χ2v) is 11.2. The fourth-order valence-corrected chi connectivity index (χ4v) is 5.88. The number of anilines is 2. The van der Waals surface area contributed by atoms with Crippen molar-refractivity contribution < 1.29 is 13.2 Å². The van der Waals surface area contributed by atoms with Crippen molar-refractivity contribution in [2.45, 2.75) is 18.7 Å². The fourth-order valence-electron chi connectivity index (χ4n) is 3.71. The molecule has 0 radical (unpaired) electrons. The van der Waals surface area contributed by atoms with E-state index in [0.29, 0.717) is 34.5 Å². The molecule has 0 unspecified atom stereocenters. The molecule has 3 aromatic carbocycles. The molecule has 1 N–H and O–H groups in total. The number of carbonyl (C=O) groups is 1. The molecular weight excluding hydrogens is 516 g/mol. The van der Waals surface area contributed by atoms with Crippen molar-refractivity contribution >= 4 is 59.9 Å². The molecule has 0 atom stereocenters. The number of hydrogen-bond acceptors (Lipinski definition) is 6. The number of nitrogens with one attached hydrogen (secondary N) is 1. The molecule has 0 fully saturated rings. The van der Waals surface area contributed by atoms with Crippen LogP contribution in [0.2, 0.25) is 5.02 Å². The zero-order valence-electron chi connectivity index (χ0n) is 20.0. The van der Waals surface area contributed by atoms with E-state index in [-0.39, 0.29) is 10.8 Å². The van der Waals surface area contributed by atoms with Gasteiger partial charge in [0, 0.05) is 29.4 Å². The highest BCUT2D eigenvalue weighted by molar-refractivity contribution is 7.92. The molecule has 1 aromatic heterocycles. The number of aromatic nitrogens is 1. The average molecular weight is 543 g/mol. The highest BCUT2D eigenvalue weighted by Crippen LogP contribution is 2.30. The largest absolute Gasteiger partial charge is 0.302 e. The molecule has 0 aliphatic carbocycles. The molecule has 4 rings (SSSR count). The third-order valence-electron chi connectivity index (χ3n) is 5.80. The van der Waals surface area contributed by atoms with Gasteiger partial charge in [0.25, 0.3) is 15.9 Å². The Kier molecular flexibility index (Phi) is 8.25. The Morgan fingerprint density at radius 3 is 2.25 bits per heavy atom. The second kappa shape index (κ2) is 11.4. The zero-order chi connectivity index (χ0) is 25.7. The maximum absolute atomic E-state index is 13.6. The molecule has 10 heteroatoms. The van der Waals surface area contributed by atoms with E-state index >= 15 is 0 Å². The van der Waals surface area contributed by atoms with Gasteiger partial charge in [0.2, 0.25) is 0 Å². The van der Waals surface area contributed by atoms with E-state index in [1.54, 1.807) is 29.2 Å². The van der Waals surface area contributed by atoms with Crippen LogP contribution in [-0.2, 0) is 10.0 Å². The van der Waals surface area contributed by atoms with Crippen molar-refractivity contribution in [3.63, 3.8) is 0 Å². The van der Waals surface area contributed by atoms with Gasteiger partial charge in [-0.3, -0.25) is 14.4 Å². The first-order valence-electron chi connectivity index (χ1n) is 11.6. The number of likely N-dealkylation sites (N-methyl/N-ethyl adjacent to an activating group) is 1. The summed E-state index contributed by atoms with van der Waals surface area (Å²) in [5.74, 6) is -0.187. The Morgan fingerprint density at radius 2 is 1.61 bits per heavy atom. The summed E-state index contributed by atoms with van der Waals surface area (Å²) >= 11 is 7.34. The third-order valence-corrected chi connectivity index (χ3v) is 8.51. The van der Waals surface area contributed by atoms with Crippen LogP contribution in [0.3, 0.4) is 0 Å². The Balaban J connectivity index is 1.56. The normalized spacial score (nSPS) is 11.7. The number of fused-ring (bicyclic) bond motifs is 1. The minimum atomic E-state index is -3.78. The zero-order valence-corrected chi connectivity index (χ0v) is 22.4. The fraction of sp³-hybridized carbons (Fsp3) is 0.231. The van der Waals surface area contributed by atoms with E-state index in [4.69, 9.17) is 16.6 Å². The van der Waals surface area contributed by atoms with E-state index in [9.17, 15) is 13.2 Å². The van der Waals surface area contributed by atoms with Gasteiger partial charge in [-0.25, -0.2) is 13.4 Å². The van der Waals surface area contributed by atoms with E-state index in [2.05, 4.69) is 23.5 Å². The predicted octanol–water partition coefficient (Wildman–Crippen LogP) is 5.74. The van der Waals surface area contributed by atoms with E-state index in [1.807, 2.05) is 24.3 Å². The van der Waals surface area contributed by atoms with Gasteiger partial charge < -0.3 is 4.90 Å². The van der Waals surface area contributed by atoms with Gasteiger partial charge in [-0.2, -0.15) is 0 Å². The quantitative estimate of drug-likeness (QED) is 0.276. The summed E-state index contributed by atoms with van der Waals surface area (Å²) in [6, 6.07) is 20.1. The van der Waals surface area contributed by atoms with Crippen LogP contribution in [0.15, 0.2) is 77.7 Å². The number of halogens is 1. The van der Waals surface area contributed by atoms with Crippen molar-refractivity contribution in [2.24, 2.45) is 0 Å². The van der Waals surface area contributed by atoms with Crippen LogP contribution >= 0.6 is 22.9 Å². The lowest BCUT2D eigenvalue weighted by Crippen LogP contribution is -2.38. The first-order chi connectivity index (χ1) is 17.3. The van der Waals surface area contributed by atoms with Gasteiger partial charge >= 0.3 is 0 Å². The molecule has 36 heavy (non-hydrogen) atoms. The molecule has 1 heterocycles. The van der Waals surface area contributed by atoms with Gasteiger partial charge in [0.1, 0.15) is 0 Å². The van der Waals surface area contributed by atoms with Crippen LogP contribution in [0.5, 0.6) is 0 Å². The number of benzene rings is 3. The SMILES string of the molecule is CCN(CC)CCN(C(=O)c1ccc(NS(=O)(=O)c2ccc(Cl)cc2)cc1)c1nc2ccccc2s1. The molecule has 0 aliphatic heterocycles. The number of para-hydroxylation sites is 1. The Bertz CT molecular complexity index is 1400. The van der Waals surface area contributed by atoms with Crippen LogP contribution in [0.4, 0.5) is 10.8 Å². The van der Waals surface area contributed by atoms with Crippen LogP contribution < -0.4 is 9.62 Å². The molecular formula is C26H27ClN4O3S2. The standard InChI is InChI=1S/C26H27ClN4O3S2/c1-3-30(4-2)17-18-31(26-28-23-7-5-6-8-24(23)35-26)25(32)19-9-13-21(14-10-19)29-36(33,34)22-15-11-20(27)12-16-22/h5-16,29H,3-4,17-18H2,1-2H3. The van der Waals surface area contributed by atoms with E-state index in [1.165, 1.54) is 35.6 Å². The molecule has 0 saturated carbocycles. The lowest BCUT2D eigenvalue weighted by Gasteiger charge is -2.24. The summed E-state index contributed by atoms with van der Waals surface area (Å²) in [4.78, 5) is 22.3. The lowest BCUT2D eigenvalue weighted by molar-refractivity contribution is 0.0984. The highest BCUT2D eigenvalue weighted by atomic mass is 35.5. The smallest absolute Gasteiger partial charge is 0.261 e. The van der Waals surface area contributed by atoms with Crippen LogP contribution in [0, 0.1) is 0 Å². The van der Waals surface area contributed by atoms with Crippen molar-refractivity contribution in [3.8, 4) is 0 Å². The first-order valence-corrected chi connectivity index (χ1v) is 14.3. The van der Waals surface area contributed by atoms with Crippen molar-refractivity contribution in [3.05, 3.63) is 83.4 Å². The number of thiazole rings is 1. The molecule has 1 amide bonds. The molecule has 0 spiro atoms. The summed E-state index contributed by atoms with van der Waals surface area (Å²) in [7, 11) is -3.78. The Hall–Kier alpha value is -2.98. The number of carbonyl (C=O) groups excluding carboxylic acids is 1. The van der Waals surface area contributed by atoms with E-state index < -0.39 is 10.0 Å². The maximum atomic E-state index is 13.6. The van der Waals surface area contributed by atoms with Crippen molar-refractivity contribution in [1.82, 2.24) is 9.88 Å². The van der Waals surface area contributed by atoms with Crippen LogP contribution in [0.25, 0.3) is 10.2 Å². The molecule has 7 nitrogen and oxygen atoms in total. The summed E-state index contributed by atoms with van der Waals surface area (Å²) in [6.07, 6.45) is 0. The summed E-state index contributed by atoms with van der Waals surface area (Å²) < 4.78 is 28.9. The minimum Gasteiger partial charge on any atom is -0.302 e. The summed E-state index contributed by atoms with van der Waals surface area (Å²) in [5, 5.41) is 1.09. The van der Waals surface area contributed by atoms with Gasteiger partial charge in [0.05, 0.1) is 15.1 Å². The first kappa shape index (κ1) is 26.1. The lowest BCUT2D eigenvalue weighted by atomic mass is 10.2. The number of rotatable bonds is 10. The molecule has 4 aromatic rings. The molecule has 0 saturated heterocycles. The maximum Gasteiger partial charge on any atom is 0.261 e. The van der Waals surface area contributed by atoms with Crippen molar-refractivity contribution in [1.29, 1.82) is 0 Å². The third kappa shape index (κ3) is 6.04. The highest BCUT2D eigenvalue weighted by Gasteiger charge is 2.22. The average Bonchev–Trinajstić information content (AvgIpc) is 3.31. The number of sulfonamides is 1. The Labute approximate surface area is 220 Å². The summed E-state index contributed by atoms with van der Waals surface area (Å²) in [5.41, 5.74) is 1.66. The van der Waals surface area contributed by atoms with Gasteiger partial charge in [0.15, 0.2) is 5.13 Å². The van der Waals surface area contributed by atoms with Gasteiger partial charge in [-0.05, 0) is 73.8 Å². The van der Waals surface area contributed by atoms with Gasteiger partial charge in [-0.15, -0.1) is 0 Å². The minimum absolute atomic E-state index is 0.102. The van der Waals surface area contributed by atoms with Gasteiger partial charge in [-0.1, -0.05) is 48.9 Å². The van der Waals surface area contributed by atoms with Crippen molar-refractivity contribution in [2.75, 3.05) is 35.8 Å². The van der Waals surface area contributed by atoms with Crippen LogP contribution in [-0.4, -0.2) is 50.4 Å². The molecule has 0 bridgehead atoms. The molecule has 0 aliphatic rings. The Morgan fingerprint density at radius 1 is 0.944 bits per heavy atom. The summed E-state index contributed by atoms with van der Waals surface area (Å²) in [6.45, 7) is 7.18. The molecule has 188 valence electrons. The number of amides is 1. The number of hydrogen-bond donors (Lipinski definition) is 1. The predicted molar refractivity (Wildman–Crippen MR) is 148 cm³/mol.